The molecule has 34 heavy (non-hydrogen) atoms. The molecule has 6 rings (SSSR count). The highest BCUT2D eigenvalue weighted by atomic mass is 35.5. The fourth-order valence-electron chi connectivity index (χ4n) is 5.23. The normalized spacial score (nSPS) is 20.4. The number of pyridine rings is 1. The highest BCUT2D eigenvalue weighted by Crippen LogP contribution is 2.34. The van der Waals surface area contributed by atoms with E-state index in [2.05, 4.69) is 25.7 Å². The first-order valence-corrected chi connectivity index (χ1v) is 12.4. The van der Waals surface area contributed by atoms with Crippen molar-refractivity contribution in [1.29, 1.82) is 0 Å². The molecule has 0 saturated carbocycles. The predicted molar refractivity (Wildman–Crippen MR) is 136 cm³/mol. The molecule has 0 radical (unpaired) electrons. The number of fused-ring (bicyclic) bond motifs is 4. The lowest BCUT2D eigenvalue weighted by Gasteiger charge is -2.52. The predicted octanol–water partition coefficient (Wildman–Crippen LogP) is 4.58. The van der Waals surface area contributed by atoms with E-state index >= 15 is 0 Å². The molecular formula is C25H29Cl2N5O2. The van der Waals surface area contributed by atoms with E-state index in [4.69, 9.17) is 28.2 Å². The van der Waals surface area contributed by atoms with Gasteiger partial charge in [-0.2, -0.15) is 0 Å². The lowest BCUT2D eigenvalue weighted by molar-refractivity contribution is 0.0504. The molecule has 180 valence electrons. The number of carbonyl (C=O) groups is 1. The quantitative estimate of drug-likeness (QED) is 0.526. The number of imidazole rings is 1. The van der Waals surface area contributed by atoms with Crippen molar-refractivity contribution in [3.05, 3.63) is 56.4 Å². The highest BCUT2D eigenvalue weighted by Gasteiger charge is 2.42. The van der Waals surface area contributed by atoms with E-state index in [1.165, 1.54) is 0 Å². The van der Waals surface area contributed by atoms with E-state index in [1.54, 1.807) is 29.8 Å². The first-order valence-electron chi connectivity index (χ1n) is 11.6. The molecule has 9 heteroatoms. The van der Waals surface area contributed by atoms with Crippen molar-refractivity contribution in [1.82, 2.24) is 19.0 Å². The average Bonchev–Trinajstić information content (AvgIpc) is 3.02. The highest BCUT2D eigenvalue weighted by molar-refractivity contribution is 6.36. The number of carbonyl (C=O) groups excluding carboxylic acids is 1. The van der Waals surface area contributed by atoms with Crippen molar-refractivity contribution in [2.45, 2.75) is 52.2 Å². The zero-order valence-electron chi connectivity index (χ0n) is 19.9. The Morgan fingerprint density at radius 2 is 1.82 bits per heavy atom. The van der Waals surface area contributed by atoms with Crippen LogP contribution >= 0.6 is 23.2 Å². The number of anilines is 1. The lowest BCUT2D eigenvalue weighted by Crippen LogP contribution is -2.64. The van der Waals surface area contributed by atoms with Gasteiger partial charge in [0.2, 0.25) is 0 Å². The van der Waals surface area contributed by atoms with Crippen LogP contribution in [0.2, 0.25) is 10.0 Å². The Bertz CT molecular complexity index is 1340. The minimum Gasteiger partial charge on any atom is -0.350 e. The lowest BCUT2D eigenvalue weighted by atomic mass is 9.90. The topological polar surface area (TPSA) is 63.4 Å². The summed E-state index contributed by atoms with van der Waals surface area (Å²) in [6, 6.07) is 9.26. The number of halogens is 2. The number of piperazine rings is 1. The van der Waals surface area contributed by atoms with Gasteiger partial charge in [0.15, 0.2) is 5.65 Å². The molecule has 2 atom stereocenters. The molecule has 2 aromatic heterocycles. The molecule has 5 heterocycles. The second kappa shape index (κ2) is 8.31. The third kappa shape index (κ3) is 3.99. The van der Waals surface area contributed by atoms with Crippen molar-refractivity contribution in [3.8, 4) is 0 Å². The molecule has 3 saturated heterocycles. The molecule has 3 aliphatic heterocycles. The Kier molecular flexibility index (Phi) is 5.68. The van der Waals surface area contributed by atoms with Gasteiger partial charge in [-0.05, 0) is 48.6 Å². The van der Waals surface area contributed by atoms with Gasteiger partial charge < -0.3 is 9.80 Å². The molecule has 1 aromatic carbocycles. The van der Waals surface area contributed by atoms with Gasteiger partial charge in [-0.1, -0.05) is 44.0 Å². The summed E-state index contributed by atoms with van der Waals surface area (Å²) in [6.07, 6.45) is 1.94. The van der Waals surface area contributed by atoms with Crippen LogP contribution in [0.15, 0.2) is 35.1 Å². The number of piperidine rings is 2. The number of rotatable bonds is 3. The van der Waals surface area contributed by atoms with E-state index in [-0.39, 0.29) is 29.1 Å². The second-order valence-corrected chi connectivity index (χ2v) is 11.5. The van der Waals surface area contributed by atoms with Crippen molar-refractivity contribution in [2.24, 2.45) is 12.5 Å². The number of nitrogens with zero attached hydrogens (tertiary/aromatic N) is 5. The van der Waals surface area contributed by atoms with Gasteiger partial charge in [-0.15, -0.1) is 0 Å². The van der Waals surface area contributed by atoms with Gasteiger partial charge >= 0.3 is 5.69 Å². The van der Waals surface area contributed by atoms with E-state index in [0.717, 1.165) is 24.2 Å². The van der Waals surface area contributed by atoms with E-state index in [9.17, 15) is 9.59 Å². The Morgan fingerprint density at radius 1 is 1.09 bits per heavy atom. The molecule has 3 aromatic rings. The minimum absolute atomic E-state index is 0.0220. The van der Waals surface area contributed by atoms with Crippen molar-refractivity contribution >= 4 is 46.1 Å². The standard InChI is InChI=1S/C25H29Cl2N5O2/c1-25(2,3)14-32-20-9-10-21(28-22(20)29(4)24(32)34)30-12-17-7-6-16(30)13-31(17)23(33)18-8-5-15(26)11-19(18)27/h5,8-11,16-17H,6-7,12-14H2,1-4H3. The Morgan fingerprint density at radius 3 is 2.47 bits per heavy atom. The van der Waals surface area contributed by atoms with E-state index in [1.807, 2.05) is 21.6 Å². The smallest absolute Gasteiger partial charge is 0.330 e. The summed E-state index contributed by atoms with van der Waals surface area (Å²) >= 11 is 12.3. The fourth-order valence-corrected chi connectivity index (χ4v) is 5.72. The average molecular weight is 502 g/mol. The molecule has 3 fully saturated rings. The fraction of sp³-hybridized carbons (Fsp3) is 0.480. The molecule has 3 aliphatic rings. The van der Waals surface area contributed by atoms with Gasteiger partial charge in [0.05, 0.1) is 16.1 Å². The Hall–Kier alpha value is -2.51. The zero-order chi connectivity index (χ0) is 24.4. The molecule has 7 nitrogen and oxygen atoms in total. The van der Waals surface area contributed by atoms with Crippen LogP contribution in [-0.2, 0) is 13.6 Å². The Labute approximate surface area is 208 Å². The van der Waals surface area contributed by atoms with Crippen LogP contribution in [0, 0.1) is 5.41 Å². The summed E-state index contributed by atoms with van der Waals surface area (Å²) in [5.41, 5.74) is 1.95. The van der Waals surface area contributed by atoms with Crippen LogP contribution < -0.4 is 10.6 Å². The van der Waals surface area contributed by atoms with Gasteiger partial charge in [0.25, 0.3) is 5.91 Å². The zero-order valence-corrected chi connectivity index (χ0v) is 21.4. The number of aromatic nitrogens is 3. The third-order valence-corrected chi connectivity index (χ3v) is 7.39. The van der Waals surface area contributed by atoms with Gasteiger partial charge in [-0.25, -0.2) is 9.78 Å². The van der Waals surface area contributed by atoms with Gasteiger partial charge in [0, 0.05) is 43.8 Å². The number of hydrogen-bond donors (Lipinski definition) is 0. The third-order valence-electron chi connectivity index (χ3n) is 6.84. The van der Waals surface area contributed by atoms with Crippen molar-refractivity contribution < 1.29 is 4.79 Å². The van der Waals surface area contributed by atoms with E-state index < -0.39 is 0 Å². The van der Waals surface area contributed by atoms with Crippen LogP contribution in [0.1, 0.15) is 44.0 Å². The number of hydrogen-bond acceptors (Lipinski definition) is 4. The molecule has 1 amide bonds. The Balaban J connectivity index is 1.42. The molecule has 0 spiro atoms. The summed E-state index contributed by atoms with van der Waals surface area (Å²) < 4.78 is 3.44. The molecular weight excluding hydrogens is 473 g/mol. The second-order valence-electron chi connectivity index (χ2n) is 10.6. The number of benzene rings is 1. The maximum absolute atomic E-state index is 13.3. The first kappa shape index (κ1) is 23.2. The number of amides is 1. The van der Waals surface area contributed by atoms with Crippen LogP contribution in [0.5, 0.6) is 0 Å². The van der Waals surface area contributed by atoms with Gasteiger partial charge in [-0.3, -0.25) is 13.9 Å². The van der Waals surface area contributed by atoms with Crippen molar-refractivity contribution in [2.75, 3.05) is 18.0 Å². The summed E-state index contributed by atoms with van der Waals surface area (Å²) in [5, 5.41) is 0.892. The van der Waals surface area contributed by atoms with Crippen molar-refractivity contribution in [3.63, 3.8) is 0 Å². The minimum atomic E-state index is -0.0546. The molecule has 0 N–H and O–H groups in total. The molecule has 2 unspecified atom stereocenters. The summed E-state index contributed by atoms with van der Waals surface area (Å²) in [4.78, 5) is 35.3. The summed E-state index contributed by atoms with van der Waals surface area (Å²) in [7, 11) is 1.78. The van der Waals surface area contributed by atoms with Crippen LogP contribution in [0.3, 0.4) is 0 Å². The molecule has 2 bridgehead atoms. The molecule has 0 aliphatic carbocycles. The summed E-state index contributed by atoms with van der Waals surface area (Å²) in [6.45, 7) is 8.31. The van der Waals surface area contributed by atoms with Crippen LogP contribution in [-0.4, -0.2) is 50.1 Å². The van der Waals surface area contributed by atoms with Crippen LogP contribution in [0.25, 0.3) is 11.2 Å². The largest absolute Gasteiger partial charge is 0.350 e. The maximum atomic E-state index is 13.3. The van der Waals surface area contributed by atoms with E-state index in [0.29, 0.717) is 40.9 Å². The monoisotopic (exact) mass is 501 g/mol. The van der Waals surface area contributed by atoms with Gasteiger partial charge in [0.1, 0.15) is 5.82 Å². The SMILES string of the molecule is Cn1c(=O)n(CC(C)(C)C)c2ccc(N3CC4CCC3CN4C(=O)c3ccc(Cl)cc3Cl)nc21. The maximum Gasteiger partial charge on any atom is 0.330 e. The van der Waals surface area contributed by atoms with Crippen LogP contribution in [0.4, 0.5) is 5.82 Å². The summed E-state index contributed by atoms with van der Waals surface area (Å²) in [5.74, 6) is 0.795. The number of aryl methyl sites for hydroxylation is 1. The first-order chi connectivity index (χ1) is 16.0.